The fourth-order valence-electron chi connectivity index (χ4n) is 2.25. The molecule has 1 atom stereocenters. The van der Waals surface area contributed by atoms with E-state index in [1.165, 1.54) is 10.9 Å². The van der Waals surface area contributed by atoms with Crippen LogP contribution < -0.4 is 10.6 Å². The van der Waals surface area contributed by atoms with Crippen molar-refractivity contribution in [2.24, 2.45) is 15.2 Å². The van der Waals surface area contributed by atoms with Gasteiger partial charge in [0.25, 0.3) is 17.8 Å². The third-order valence-corrected chi connectivity index (χ3v) is 3.72. The summed E-state index contributed by atoms with van der Waals surface area (Å²) < 4.78 is 1.27. The standard InChI is InChI=1S/C13H16N18O2/c1-6(21-16-4-14-5-33)8-17-9(23-22-8)18-11-25-27-12(28-26-11)19-10-20-13(29-24-10)31-7(3-32)2-15-30-31/h2,4,6,32-33H,3,5H2,1H3,(H2,17,18,22,23,25,26)(H2,19,20,24,27,28,29)/b14-4+,21-16-. The Kier molecular flexibility index (Phi) is 6.46. The van der Waals surface area contributed by atoms with Crippen molar-refractivity contribution >= 4 is 30.1 Å². The Morgan fingerprint density at radius 3 is 2.45 bits per heavy atom. The van der Waals surface area contributed by atoms with Crippen LogP contribution >= 0.6 is 0 Å². The molecule has 4 aromatic rings. The highest BCUT2D eigenvalue weighted by Crippen LogP contribution is 2.15. The van der Waals surface area contributed by atoms with E-state index in [1.807, 2.05) is 0 Å². The molecule has 4 aromatic heterocycles. The molecule has 0 radical (unpaired) electrons. The number of nitrogens with zero attached hydrogens (tertiary/aromatic N) is 14. The molecule has 20 nitrogen and oxygen atoms in total. The summed E-state index contributed by atoms with van der Waals surface area (Å²) in [6, 6.07) is -0.455. The number of rotatable bonds is 10. The molecule has 0 aromatic carbocycles. The lowest BCUT2D eigenvalue weighted by Gasteiger charge is -2.01. The smallest absolute Gasteiger partial charge is 0.272 e. The van der Waals surface area contributed by atoms with Crippen LogP contribution in [0.5, 0.6) is 0 Å². The van der Waals surface area contributed by atoms with E-state index >= 15 is 0 Å². The van der Waals surface area contributed by atoms with Crippen molar-refractivity contribution in [1.29, 1.82) is 0 Å². The SMILES string of the molecule is CC(/N=N\C=N\CO)c1n[nH]c(Nc2nnc(Nc3nc(-n4nncc4CO)n[nH]3)nn2)n1. The quantitative estimate of drug-likeness (QED) is 0.0905. The van der Waals surface area contributed by atoms with Crippen molar-refractivity contribution in [2.75, 3.05) is 17.4 Å². The van der Waals surface area contributed by atoms with Crippen molar-refractivity contribution in [3.63, 3.8) is 0 Å². The lowest BCUT2D eigenvalue weighted by Crippen LogP contribution is -2.07. The van der Waals surface area contributed by atoms with Crippen molar-refractivity contribution in [1.82, 2.24) is 65.8 Å². The van der Waals surface area contributed by atoms with Crippen molar-refractivity contribution in [3.8, 4) is 5.95 Å². The van der Waals surface area contributed by atoms with Crippen molar-refractivity contribution in [2.45, 2.75) is 19.6 Å². The van der Waals surface area contributed by atoms with Gasteiger partial charge in [0.2, 0.25) is 11.9 Å². The van der Waals surface area contributed by atoms with Crippen LogP contribution in [0.4, 0.5) is 23.8 Å². The van der Waals surface area contributed by atoms with Gasteiger partial charge in [-0.05, 0) is 6.92 Å². The highest BCUT2D eigenvalue weighted by molar-refractivity contribution is 5.54. The van der Waals surface area contributed by atoms with Gasteiger partial charge in [-0.1, -0.05) is 5.21 Å². The Morgan fingerprint density at radius 2 is 1.76 bits per heavy atom. The van der Waals surface area contributed by atoms with Gasteiger partial charge >= 0.3 is 0 Å². The molecule has 0 saturated carbocycles. The molecule has 0 bridgehead atoms. The number of aliphatic hydroxyl groups is 2. The maximum atomic E-state index is 9.27. The van der Waals surface area contributed by atoms with Gasteiger partial charge in [0.1, 0.15) is 19.1 Å². The van der Waals surface area contributed by atoms with E-state index in [0.717, 1.165) is 6.34 Å². The maximum absolute atomic E-state index is 9.27. The number of aliphatic imine (C=N–C) groups is 1. The molecular weight excluding hydrogens is 440 g/mol. The summed E-state index contributed by atoms with van der Waals surface area (Å²) in [7, 11) is 0. The Morgan fingerprint density at radius 1 is 1.06 bits per heavy atom. The van der Waals surface area contributed by atoms with Crippen LogP contribution in [0, 0.1) is 0 Å². The zero-order valence-electron chi connectivity index (χ0n) is 16.8. The van der Waals surface area contributed by atoms with E-state index in [9.17, 15) is 5.11 Å². The molecule has 0 aliphatic carbocycles. The molecule has 4 heterocycles. The van der Waals surface area contributed by atoms with E-state index in [0.29, 0.717) is 11.5 Å². The molecule has 1 unspecified atom stereocenters. The highest BCUT2D eigenvalue weighted by atomic mass is 16.3. The number of nitrogens with one attached hydrogen (secondary N) is 4. The molecule has 4 rings (SSSR count). The van der Waals surface area contributed by atoms with Crippen molar-refractivity contribution in [3.05, 3.63) is 17.7 Å². The second kappa shape index (κ2) is 9.97. The summed E-state index contributed by atoms with van der Waals surface area (Å²) in [5, 5.41) is 67.2. The van der Waals surface area contributed by atoms with Gasteiger partial charge in [-0.15, -0.1) is 35.7 Å². The predicted octanol–water partition coefficient (Wildman–Crippen LogP) is -1.45. The van der Waals surface area contributed by atoms with Crippen LogP contribution in [-0.2, 0) is 6.61 Å². The van der Waals surface area contributed by atoms with Gasteiger partial charge in [0, 0.05) is 0 Å². The average molecular weight is 456 g/mol. The average Bonchev–Trinajstić information content (AvgIpc) is 3.58. The van der Waals surface area contributed by atoms with E-state index < -0.39 is 6.04 Å². The number of H-pyrrole nitrogens is 2. The minimum Gasteiger partial charge on any atom is -0.390 e. The molecular formula is C13H16N18O2. The lowest BCUT2D eigenvalue weighted by atomic mass is 10.3. The first-order valence-electron chi connectivity index (χ1n) is 9.12. The topological polar surface area (TPSA) is 267 Å². The normalized spacial score (nSPS) is 12.6. The Balaban J connectivity index is 1.35. The summed E-state index contributed by atoms with van der Waals surface area (Å²) in [4.78, 5) is 11.9. The molecule has 0 saturated heterocycles. The molecule has 0 aliphatic rings. The van der Waals surface area contributed by atoms with Crippen molar-refractivity contribution < 1.29 is 10.2 Å². The summed E-state index contributed by atoms with van der Waals surface area (Å²) in [6.07, 6.45) is 2.52. The number of aliphatic hydroxyl groups excluding tert-OH is 2. The molecule has 170 valence electrons. The van der Waals surface area contributed by atoms with Crippen LogP contribution in [0.25, 0.3) is 5.95 Å². The van der Waals surface area contributed by atoms with Crippen LogP contribution in [-0.4, -0.2) is 89.0 Å². The number of aromatic nitrogens is 13. The number of azo groups is 1. The van der Waals surface area contributed by atoms with E-state index in [1.54, 1.807) is 6.92 Å². The number of anilines is 4. The summed E-state index contributed by atoms with van der Waals surface area (Å²) in [5.74, 6) is 1.06. The Labute approximate surface area is 182 Å². The molecule has 0 aliphatic heterocycles. The fourth-order valence-corrected chi connectivity index (χ4v) is 2.25. The van der Waals surface area contributed by atoms with E-state index in [-0.39, 0.29) is 43.1 Å². The number of aromatic amines is 2. The first kappa shape index (κ1) is 21.4. The van der Waals surface area contributed by atoms with E-state index in [2.05, 4.69) is 86.9 Å². The maximum Gasteiger partial charge on any atom is 0.272 e. The monoisotopic (exact) mass is 456 g/mol. The predicted molar refractivity (Wildman–Crippen MR) is 107 cm³/mol. The number of hydrogen-bond donors (Lipinski definition) is 6. The molecule has 0 amide bonds. The van der Waals surface area contributed by atoms with Gasteiger partial charge in [0.15, 0.2) is 5.82 Å². The molecule has 0 fully saturated rings. The van der Waals surface area contributed by atoms with Gasteiger partial charge < -0.3 is 10.2 Å². The van der Waals surface area contributed by atoms with Crippen LogP contribution in [0.3, 0.4) is 0 Å². The highest BCUT2D eigenvalue weighted by Gasteiger charge is 2.14. The summed E-state index contributed by atoms with van der Waals surface area (Å²) >= 11 is 0. The van der Waals surface area contributed by atoms with Crippen LogP contribution in [0.2, 0.25) is 0 Å². The summed E-state index contributed by atoms with van der Waals surface area (Å²) in [6.45, 7) is 1.09. The number of hydrogen-bond acceptors (Lipinski definition) is 16. The first-order valence-corrected chi connectivity index (χ1v) is 9.12. The second-order valence-electron chi connectivity index (χ2n) is 5.97. The second-order valence-corrected chi connectivity index (χ2v) is 5.97. The lowest BCUT2D eigenvalue weighted by molar-refractivity contribution is 0.272. The van der Waals surface area contributed by atoms with Gasteiger partial charge in [-0.25, -0.2) is 15.2 Å². The van der Waals surface area contributed by atoms with Crippen LogP contribution in [0.1, 0.15) is 24.5 Å². The Hall–Kier alpha value is -4.85. The Bertz CT molecular complexity index is 1220. The van der Waals surface area contributed by atoms with Gasteiger partial charge in [-0.3, -0.25) is 10.6 Å². The third-order valence-electron chi connectivity index (χ3n) is 3.72. The first-order chi connectivity index (χ1) is 16.2. The van der Waals surface area contributed by atoms with E-state index in [4.69, 9.17) is 5.11 Å². The van der Waals surface area contributed by atoms with Gasteiger partial charge in [-0.2, -0.15) is 24.9 Å². The largest absolute Gasteiger partial charge is 0.390 e. The molecule has 33 heavy (non-hydrogen) atoms. The van der Waals surface area contributed by atoms with Crippen LogP contribution in [0.15, 0.2) is 21.4 Å². The van der Waals surface area contributed by atoms with Gasteiger partial charge in [0.05, 0.1) is 18.5 Å². The molecule has 6 N–H and O–H groups in total. The summed E-state index contributed by atoms with van der Waals surface area (Å²) in [5.41, 5.74) is 0.416. The zero-order valence-corrected chi connectivity index (χ0v) is 16.8. The molecule has 20 heteroatoms. The third kappa shape index (κ3) is 5.26. The fraction of sp³-hybridized carbons (Fsp3) is 0.308. The zero-order chi connectivity index (χ0) is 23.0. The molecule has 0 spiro atoms. The minimum atomic E-state index is -0.455. The minimum absolute atomic E-state index is 0.0426.